The Balaban J connectivity index is 2.09. The molecule has 0 aromatic carbocycles. The molecule has 1 aromatic heterocycles. The van der Waals surface area contributed by atoms with Crippen molar-refractivity contribution in [1.82, 2.24) is 9.88 Å². The van der Waals surface area contributed by atoms with Gasteiger partial charge in [-0.3, -0.25) is 14.4 Å². The fourth-order valence-corrected chi connectivity index (χ4v) is 2.42. The average molecular weight is 264 g/mol. The molecule has 6 heteroatoms. The molecule has 1 amide bonds. The number of hydrogen-bond acceptors (Lipinski definition) is 3. The molecule has 0 saturated carbocycles. The van der Waals surface area contributed by atoms with Crippen molar-refractivity contribution in [3.63, 3.8) is 0 Å². The minimum absolute atomic E-state index is 0.0296. The summed E-state index contributed by atoms with van der Waals surface area (Å²) in [5, 5.41) is 8.79. The van der Waals surface area contributed by atoms with Crippen LogP contribution in [0.2, 0.25) is 0 Å². The molecule has 0 bridgehead atoms. The Hall–Kier alpha value is -2.11. The van der Waals surface area contributed by atoms with Gasteiger partial charge in [0.15, 0.2) is 0 Å². The van der Waals surface area contributed by atoms with Crippen molar-refractivity contribution in [2.45, 2.75) is 19.3 Å². The highest BCUT2D eigenvalue weighted by Crippen LogP contribution is 2.20. The number of aromatic nitrogens is 1. The lowest BCUT2D eigenvalue weighted by Crippen LogP contribution is -2.42. The first-order chi connectivity index (χ1) is 9.08. The van der Waals surface area contributed by atoms with Crippen molar-refractivity contribution in [2.75, 3.05) is 13.1 Å². The Morgan fingerprint density at radius 2 is 2.26 bits per heavy atom. The highest BCUT2D eigenvalue weighted by molar-refractivity contribution is 5.93. The van der Waals surface area contributed by atoms with E-state index in [1.54, 1.807) is 11.0 Å². The summed E-state index contributed by atoms with van der Waals surface area (Å²) in [7, 11) is 0. The summed E-state index contributed by atoms with van der Waals surface area (Å²) in [5.74, 6) is -1.20. The van der Waals surface area contributed by atoms with Crippen LogP contribution in [0.1, 0.15) is 29.6 Å². The van der Waals surface area contributed by atoms with E-state index < -0.39 is 11.5 Å². The van der Waals surface area contributed by atoms with E-state index in [4.69, 9.17) is 5.11 Å². The maximum absolute atomic E-state index is 12.2. The monoisotopic (exact) mass is 264 g/mol. The van der Waals surface area contributed by atoms with Gasteiger partial charge in [-0.05, 0) is 30.9 Å². The highest BCUT2D eigenvalue weighted by Gasteiger charge is 2.26. The van der Waals surface area contributed by atoms with Crippen LogP contribution in [0.25, 0.3) is 0 Å². The van der Waals surface area contributed by atoms with Crippen molar-refractivity contribution in [3.05, 3.63) is 34.2 Å². The zero-order chi connectivity index (χ0) is 13.8. The molecule has 0 spiro atoms. The maximum Gasteiger partial charge on any atom is 0.303 e. The van der Waals surface area contributed by atoms with E-state index in [9.17, 15) is 14.4 Å². The van der Waals surface area contributed by atoms with Crippen molar-refractivity contribution >= 4 is 11.9 Å². The fourth-order valence-electron chi connectivity index (χ4n) is 2.42. The molecule has 1 aliphatic rings. The third-order valence-electron chi connectivity index (χ3n) is 3.32. The molecule has 1 aromatic rings. The quantitative estimate of drug-likeness (QED) is 0.840. The highest BCUT2D eigenvalue weighted by atomic mass is 16.4. The number of nitrogens with zero attached hydrogens (tertiary/aromatic N) is 1. The second-order valence-corrected chi connectivity index (χ2v) is 4.77. The third kappa shape index (κ3) is 3.21. The van der Waals surface area contributed by atoms with Gasteiger partial charge in [0, 0.05) is 25.7 Å². The van der Waals surface area contributed by atoms with E-state index in [-0.39, 0.29) is 23.8 Å². The minimum Gasteiger partial charge on any atom is -0.481 e. The Kier molecular flexibility index (Phi) is 3.99. The van der Waals surface area contributed by atoms with Gasteiger partial charge in [0.2, 0.25) is 0 Å². The lowest BCUT2D eigenvalue weighted by Gasteiger charge is -2.31. The zero-order valence-corrected chi connectivity index (χ0v) is 10.5. The third-order valence-corrected chi connectivity index (χ3v) is 3.32. The molecule has 1 fully saturated rings. The lowest BCUT2D eigenvalue weighted by atomic mass is 9.94. The van der Waals surface area contributed by atoms with Crippen LogP contribution in [-0.4, -0.2) is 40.0 Å². The molecule has 0 radical (unpaired) electrons. The van der Waals surface area contributed by atoms with Crippen molar-refractivity contribution in [2.24, 2.45) is 5.92 Å². The van der Waals surface area contributed by atoms with Crippen LogP contribution in [0.3, 0.4) is 0 Å². The molecule has 1 aliphatic heterocycles. The number of piperidine rings is 1. The number of aliphatic carboxylic acids is 1. The van der Waals surface area contributed by atoms with Crippen molar-refractivity contribution in [3.8, 4) is 0 Å². The van der Waals surface area contributed by atoms with E-state index in [1.165, 1.54) is 12.3 Å². The van der Waals surface area contributed by atoms with Crippen LogP contribution in [0.5, 0.6) is 0 Å². The van der Waals surface area contributed by atoms with Crippen LogP contribution in [0, 0.1) is 5.92 Å². The van der Waals surface area contributed by atoms with E-state index in [0.29, 0.717) is 13.1 Å². The summed E-state index contributed by atoms with van der Waals surface area (Å²) in [6.45, 7) is 0.975. The summed E-state index contributed by atoms with van der Waals surface area (Å²) in [6, 6.07) is 3.09. The number of aromatic amines is 1. The second kappa shape index (κ2) is 5.69. The molecule has 2 heterocycles. The summed E-state index contributed by atoms with van der Waals surface area (Å²) < 4.78 is 0. The van der Waals surface area contributed by atoms with Gasteiger partial charge in [-0.1, -0.05) is 0 Å². The number of carbonyl (C=O) groups is 2. The van der Waals surface area contributed by atoms with Gasteiger partial charge >= 0.3 is 5.97 Å². The van der Waals surface area contributed by atoms with E-state index in [2.05, 4.69) is 4.98 Å². The second-order valence-electron chi connectivity index (χ2n) is 4.77. The van der Waals surface area contributed by atoms with E-state index >= 15 is 0 Å². The summed E-state index contributed by atoms with van der Waals surface area (Å²) >= 11 is 0. The number of H-pyrrole nitrogens is 1. The van der Waals surface area contributed by atoms with Crippen LogP contribution in [0.4, 0.5) is 0 Å². The fraction of sp³-hybridized carbons (Fsp3) is 0.462. The number of pyridine rings is 1. The molecular formula is C13H16N2O4. The zero-order valence-electron chi connectivity index (χ0n) is 10.5. The molecule has 6 nitrogen and oxygen atoms in total. The van der Waals surface area contributed by atoms with Crippen molar-refractivity contribution in [1.29, 1.82) is 0 Å². The largest absolute Gasteiger partial charge is 0.481 e. The van der Waals surface area contributed by atoms with Crippen molar-refractivity contribution < 1.29 is 14.7 Å². The van der Waals surface area contributed by atoms with Gasteiger partial charge in [0.1, 0.15) is 5.56 Å². The minimum atomic E-state index is -0.850. The first kappa shape index (κ1) is 13.3. The first-order valence-electron chi connectivity index (χ1n) is 6.26. The first-order valence-corrected chi connectivity index (χ1v) is 6.26. The smallest absolute Gasteiger partial charge is 0.303 e. The molecule has 1 atom stereocenters. The Morgan fingerprint density at radius 3 is 2.95 bits per heavy atom. The number of amides is 1. The SMILES string of the molecule is O=C(O)CC1CCCN(C(=O)c2ccc[nH]c2=O)C1. The van der Waals surface area contributed by atoms with Gasteiger partial charge in [0.25, 0.3) is 11.5 Å². The van der Waals surface area contributed by atoms with Crippen LogP contribution >= 0.6 is 0 Å². The Labute approximate surface area is 110 Å². The van der Waals surface area contributed by atoms with Gasteiger partial charge < -0.3 is 15.0 Å². The molecule has 2 rings (SSSR count). The van der Waals surface area contributed by atoms with Gasteiger partial charge in [-0.15, -0.1) is 0 Å². The van der Waals surface area contributed by atoms with Gasteiger partial charge in [-0.2, -0.15) is 0 Å². The standard InChI is InChI=1S/C13H16N2O4/c16-11(17)7-9-3-2-6-15(8-9)13(19)10-4-1-5-14-12(10)18/h1,4-5,9H,2-3,6-8H2,(H,14,18)(H,16,17). The Bertz CT molecular complexity index is 537. The molecule has 102 valence electrons. The normalized spacial score (nSPS) is 19.2. The average Bonchev–Trinajstić information content (AvgIpc) is 2.38. The summed E-state index contributed by atoms with van der Waals surface area (Å²) in [6.07, 6.45) is 3.12. The molecule has 0 aliphatic carbocycles. The van der Waals surface area contributed by atoms with Crippen LogP contribution in [-0.2, 0) is 4.79 Å². The number of carboxylic acids is 1. The molecule has 1 unspecified atom stereocenters. The predicted molar refractivity (Wildman–Crippen MR) is 67.9 cm³/mol. The number of likely N-dealkylation sites (tertiary alicyclic amines) is 1. The van der Waals surface area contributed by atoms with Crippen LogP contribution in [0.15, 0.2) is 23.1 Å². The molecule has 19 heavy (non-hydrogen) atoms. The summed E-state index contributed by atoms with van der Waals surface area (Å²) in [4.78, 5) is 38.5. The topological polar surface area (TPSA) is 90.5 Å². The Morgan fingerprint density at radius 1 is 1.47 bits per heavy atom. The van der Waals surface area contributed by atoms with E-state index in [1.807, 2.05) is 0 Å². The molecule has 1 saturated heterocycles. The molecular weight excluding hydrogens is 248 g/mol. The van der Waals surface area contributed by atoms with Gasteiger partial charge in [0.05, 0.1) is 0 Å². The lowest BCUT2D eigenvalue weighted by molar-refractivity contribution is -0.138. The molecule has 2 N–H and O–H groups in total. The van der Waals surface area contributed by atoms with E-state index in [0.717, 1.165) is 12.8 Å². The predicted octanol–water partition coefficient (Wildman–Crippen LogP) is 0.702. The number of carbonyl (C=O) groups excluding carboxylic acids is 1. The number of nitrogens with one attached hydrogen (secondary N) is 1. The number of carboxylic acid groups (broad SMARTS) is 1. The number of rotatable bonds is 3. The summed E-state index contributed by atoms with van der Waals surface area (Å²) in [5.41, 5.74) is -0.300. The van der Waals surface area contributed by atoms with Crippen LogP contribution < -0.4 is 5.56 Å². The number of hydrogen-bond donors (Lipinski definition) is 2. The maximum atomic E-state index is 12.2. The van der Waals surface area contributed by atoms with Gasteiger partial charge in [-0.25, -0.2) is 0 Å².